The molecule has 2 aliphatic carbocycles. The molecule has 0 saturated heterocycles. The molecule has 0 radical (unpaired) electrons. The molecule has 2 saturated carbocycles. The van der Waals surface area contributed by atoms with Crippen LogP contribution in [0.2, 0.25) is 5.28 Å². The first-order valence-electron chi connectivity index (χ1n) is 8.18. The Labute approximate surface area is 142 Å². The first-order valence-corrected chi connectivity index (χ1v) is 8.56. The van der Waals surface area contributed by atoms with Crippen LogP contribution in [0.15, 0.2) is 6.20 Å². The summed E-state index contributed by atoms with van der Waals surface area (Å²) in [5.74, 6) is -5.18. The Morgan fingerprint density at radius 2 is 1.83 bits per heavy atom. The predicted octanol–water partition coefficient (Wildman–Crippen LogP) is 4.21. The lowest BCUT2D eigenvalue weighted by Gasteiger charge is -2.35. The number of hydrogen-bond donors (Lipinski definition) is 2. The van der Waals surface area contributed by atoms with Crippen LogP contribution >= 0.6 is 11.6 Å². The van der Waals surface area contributed by atoms with Crippen LogP contribution in [0.4, 0.5) is 23.4 Å². The second-order valence-corrected chi connectivity index (χ2v) is 7.23. The summed E-state index contributed by atoms with van der Waals surface area (Å²) >= 11 is 6.03. The number of hydrogen-bond acceptors (Lipinski definition) is 3. The molecule has 4 nitrogen and oxygen atoms in total. The zero-order chi connectivity index (χ0) is 17.5. The van der Waals surface area contributed by atoms with Gasteiger partial charge in [0.2, 0.25) is 11.2 Å². The minimum absolute atomic E-state index is 0.0441. The molecule has 1 heterocycles. The molecular weight excluding hydrogens is 348 g/mol. The second kappa shape index (κ2) is 6.37. The molecule has 1 aromatic heterocycles. The lowest BCUT2D eigenvalue weighted by atomic mass is 9.88. The summed E-state index contributed by atoms with van der Waals surface area (Å²) in [5.41, 5.74) is 5.82. The third-order valence-corrected chi connectivity index (χ3v) is 5.23. The third-order valence-electron chi connectivity index (χ3n) is 4.95. The highest BCUT2D eigenvalue weighted by Gasteiger charge is 2.45. The third kappa shape index (κ3) is 3.79. The molecule has 3 rings (SSSR count). The van der Waals surface area contributed by atoms with Crippen molar-refractivity contribution in [2.45, 2.75) is 74.9 Å². The number of nitrogens with one attached hydrogen (secondary N) is 1. The second-order valence-electron chi connectivity index (χ2n) is 6.89. The van der Waals surface area contributed by atoms with Crippen molar-refractivity contribution in [1.82, 2.24) is 9.55 Å². The van der Waals surface area contributed by atoms with E-state index in [9.17, 15) is 17.6 Å². The summed E-state index contributed by atoms with van der Waals surface area (Å²) in [7, 11) is 0. The lowest BCUT2D eigenvalue weighted by Crippen LogP contribution is -2.41. The number of aromatic nitrogens is 2. The molecule has 24 heavy (non-hydrogen) atoms. The Balaban J connectivity index is 1.71. The van der Waals surface area contributed by atoms with Crippen LogP contribution in [0, 0.1) is 0 Å². The van der Waals surface area contributed by atoms with E-state index >= 15 is 0 Å². The van der Waals surface area contributed by atoms with Gasteiger partial charge in [0.1, 0.15) is 11.9 Å². The van der Waals surface area contributed by atoms with Crippen LogP contribution in [0.1, 0.15) is 51.0 Å². The Morgan fingerprint density at radius 1 is 1.17 bits per heavy atom. The van der Waals surface area contributed by atoms with Crippen LogP contribution < -0.4 is 11.1 Å². The van der Waals surface area contributed by atoms with Crippen LogP contribution in [0.25, 0.3) is 0 Å². The Morgan fingerprint density at radius 3 is 2.50 bits per heavy atom. The smallest absolute Gasteiger partial charge is 0.268 e. The SMILES string of the molecule is NC1CCC(F)(F)C(n2cc(NC3CCC(F)(F)CC3)nc2Cl)C1. The highest BCUT2D eigenvalue weighted by Crippen LogP contribution is 2.43. The fourth-order valence-corrected chi connectivity index (χ4v) is 3.75. The van der Waals surface area contributed by atoms with Gasteiger partial charge in [-0.25, -0.2) is 22.5 Å². The molecule has 1 aromatic rings. The number of nitrogens with two attached hydrogens (primary N) is 1. The lowest BCUT2D eigenvalue weighted by molar-refractivity contribution is -0.0818. The summed E-state index contributed by atoms with van der Waals surface area (Å²) in [5, 5.41) is 2.99. The molecule has 2 atom stereocenters. The van der Waals surface area contributed by atoms with Crippen molar-refractivity contribution in [3.05, 3.63) is 11.5 Å². The minimum Gasteiger partial charge on any atom is -0.366 e. The number of rotatable bonds is 3. The van der Waals surface area contributed by atoms with Gasteiger partial charge >= 0.3 is 0 Å². The molecule has 2 fully saturated rings. The summed E-state index contributed by atoms with van der Waals surface area (Å²) in [4.78, 5) is 4.06. The van der Waals surface area contributed by atoms with E-state index in [1.807, 2.05) is 0 Å². The van der Waals surface area contributed by atoms with Crippen molar-refractivity contribution in [3.8, 4) is 0 Å². The van der Waals surface area contributed by atoms with Crippen molar-refractivity contribution >= 4 is 17.4 Å². The van der Waals surface area contributed by atoms with Gasteiger partial charge in [-0.1, -0.05) is 0 Å². The van der Waals surface area contributed by atoms with E-state index in [4.69, 9.17) is 17.3 Å². The zero-order valence-corrected chi connectivity index (χ0v) is 13.9. The van der Waals surface area contributed by atoms with Crippen LogP contribution in [0.3, 0.4) is 0 Å². The Bertz CT molecular complexity index is 582. The average Bonchev–Trinajstić information content (AvgIpc) is 2.84. The van der Waals surface area contributed by atoms with Crippen molar-refractivity contribution in [2.24, 2.45) is 5.73 Å². The fourth-order valence-electron chi connectivity index (χ4n) is 3.49. The number of nitrogens with zero attached hydrogens (tertiary/aromatic N) is 2. The number of imidazole rings is 1. The Kier molecular flexibility index (Phi) is 4.72. The summed E-state index contributed by atoms with van der Waals surface area (Å²) in [6, 6.07) is -1.59. The molecule has 3 N–H and O–H groups in total. The van der Waals surface area contributed by atoms with Gasteiger partial charge in [0.05, 0.1) is 0 Å². The Hall–Kier alpha value is -1.02. The van der Waals surface area contributed by atoms with Gasteiger partial charge in [-0.2, -0.15) is 0 Å². The van der Waals surface area contributed by atoms with Crippen molar-refractivity contribution in [2.75, 3.05) is 5.32 Å². The minimum atomic E-state index is -2.90. The van der Waals surface area contributed by atoms with E-state index in [0.717, 1.165) is 0 Å². The van der Waals surface area contributed by atoms with Gasteiger partial charge in [0.25, 0.3) is 5.92 Å². The van der Waals surface area contributed by atoms with Crippen molar-refractivity contribution < 1.29 is 17.6 Å². The van der Waals surface area contributed by atoms with E-state index in [-0.39, 0.29) is 49.5 Å². The molecule has 0 aromatic carbocycles. The maximum absolute atomic E-state index is 14.2. The van der Waals surface area contributed by atoms with Gasteiger partial charge in [0, 0.05) is 37.5 Å². The molecular formula is C15H21ClF4N4. The quantitative estimate of drug-likeness (QED) is 0.786. The highest BCUT2D eigenvalue weighted by atomic mass is 35.5. The van der Waals surface area contributed by atoms with Gasteiger partial charge in [-0.05, 0) is 37.3 Å². The molecule has 136 valence electrons. The van der Waals surface area contributed by atoms with E-state index in [1.54, 1.807) is 0 Å². The van der Waals surface area contributed by atoms with E-state index in [0.29, 0.717) is 18.7 Å². The number of alkyl halides is 4. The zero-order valence-electron chi connectivity index (χ0n) is 13.1. The summed E-state index contributed by atoms with van der Waals surface area (Å²) in [6.45, 7) is 0. The maximum Gasteiger partial charge on any atom is 0.268 e. The molecule has 0 spiro atoms. The average molecular weight is 369 g/mol. The van der Waals surface area contributed by atoms with E-state index < -0.39 is 17.9 Å². The van der Waals surface area contributed by atoms with Crippen molar-refractivity contribution in [1.29, 1.82) is 0 Å². The topological polar surface area (TPSA) is 55.9 Å². The molecule has 0 aliphatic heterocycles. The van der Waals surface area contributed by atoms with Gasteiger partial charge in [-0.15, -0.1) is 0 Å². The van der Waals surface area contributed by atoms with Crippen LogP contribution in [-0.4, -0.2) is 33.5 Å². The number of halogens is 5. The molecule has 2 aliphatic rings. The van der Waals surface area contributed by atoms with Crippen LogP contribution in [-0.2, 0) is 0 Å². The molecule has 0 amide bonds. The first-order chi connectivity index (χ1) is 11.2. The van der Waals surface area contributed by atoms with Gasteiger partial charge < -0.3 is 15.6 Å². The van der Waals surface area contributed by atoms with E-state index in [1.165, 1.54) is 10.8 Å². The molecule has 0 bridgehead atoms. The normalized spacial score (nSPS) is 30.2. The maximum atomic E-state index is 14.2. The number of anilines is 1. The fraction of sp³-hybridized carbons (Fsp3) is 0.800. The van der Waals surface area contributed by atoms with Crippen molar-refractivity contribution in [3.63, 3.8) is 0 Å². The standard InChI is InChI=1S/C15H21ClF4N4/c16-13-23-12(22-10-2-4-14(17,18)5-3-10)8-24(13)11-7-9(21)1-6-15(11,19)20/h8-11,22H,1-7,21H2. The first kappa shape index (κ1) is 17.8. The molecule has 2 unspecified atom stereocenters. The van der Waals surface area contributed by atoms with Crippen LogP contribution in [0.5, 0.6) is 0 Å². The largest absolute Gasteiger partial charge is 0.366 e. The molecule has 9 heteroatoms. The monoisotopic (exact) mass is 368 g/mol. The summed E-state index contributed by atoms with van der Waals surface area (Å²) in [6.07, 6.45) is 1.79. The summed E-state index contributed by atoms with van der Waals surface area (Å²) < 4.78 is 56.0. The van der Waals surface area contributed by atoms with Gasteiger partial charge in [-0.3, -0.25) is 0 Å². The highest BCUT2D eigenvalue weighted by molar-refractivity contribution is 6.28. The van der Waals surface area contributed by atoms with Gasteiger partial charge in [0.15, 0.2) is 0 Å². The van der Waals surface area contributed by atoms with E-state index in [2.05, 4.69) is 10.3 Å². The predicted molar refractivity (Wildman–Crippen MR) is 83.9 cm³/mol.